The molecule has 1 atom stereocenters. The molecule has 2 N–H and O–H groups in total. The molecule has 0 aliphatic rings. The Morgan fingerprint density at radius 1 is 1.05 bits per heavy atom. The molecule has 0 aliphatic carbocycles. The summed E-state index contributed by atoms with van der Waals surface area (Å²) in [4.78, 5) is 23.5. The molecule has 0 saturated heterocycles. The number of benzene rings is 2. The first-order valence-electron chi connectivity index (χ1n) is 6.96. The van der Waals surface area contributed by atoms with E-state index in [0.29, 0.717) is 6.54 Å². The van der Waals surface area contributed by atoms with Crippen LogP contribution >= 0.6 is 0 Å². The summed E-state index contributed by atoms with van der Waals surface area (Å²) in [6.45, 7) is 2.31. The molecule has 5 heteroatoms. The van der Waals surface area contributed by atoms with E-state index < -0.39 is 17.6 Å². The van der Waals surface area contributed by atoms with E-state index in [0.717, 1.165) is 11.6 Å². The average molecular weight is 300 g/mol. The van der Waals surface area contributed by atoms with Gasteiger partial charge in [-0.25, -0.2) is 4.39 Å². The SMILES string of the molecule is C[C@@H](CNC(=O)C(=O)Nc1cccc(F)c1)c1ccccc1. The van der Waals surface area contributed by atoms with Gasteiger partial charge in [-0.15, -0.1) is 0 Å². The van der Waals surface area contributed by atoms with Crippen molar-refractivity contribution in [2.45, 2.75) is 12.8 Å². The first-order valence-corrected chi connectivity index (χ1v) is 6.96. The van der Waals surface area contributed by atoms with E-state index in [1.807, 2.05) is 37.3 Å². The lowest BCUT2D eigenvalue weighted by Crippen LogP contribution is -2.37. The highest BCUT2D eigenvalue weighted by Crippen LogP contribution is 2.13. The Bertz CT molecular complexity index is 659. The number of hydrogen-bond acceptors (Lipinski definition) is 2. The van der Waals surface area contributed by atoms with Gasteiger partial charge in [0.1, 0.15) is 5.82 Å². The Morgan fingerprint density at radius 3 is 2.45 bits per heavy atom. The van der Waals surface area contributed by atoms with Crippen molar-refractivity contribution in [2.75, 3.05) is 11.9 Å². The maximum atomic E-state index is 13.0. The van der Waals surface area contributed by atoms with Gasteiger partial charge in [0.25, 0.3) is 0 Å². The summed E-state index contributed by atoms with van der Waals surface area (Å²) < 4.78 is 13.0. The molecule has 2 aromatic carbocycles. The van der Waals surface area contributed by atoms with Crippen molar-refractivity contribution >= 4 is 17.5 Å². The fourth-order valence-electron chi connectivity index (χ4n) is 1.98. The molecule has 0 saturated carbocycles. The fourth-order valence-corrected chi connectivity index (χ4v) is 1.98. The van der Waals surface area contributed by atoms with Gasteiger partial charge in [0.15, 0.2) is 0 Å². The average Bonchev–Trinajstić information content (AvgIpc) is 2.53. The fraction of sp³-hybridized carbons (Fsp3) is 0.176. The maximum absolute atomic E-state index is 13.0. The predicted octanol–water partition coefficient (Wildman–Crippen LogP) is 2.68. The van der Waals surface area contributed by atoms with Gasteiger partial charge in [0, 0.05) is 12.2 Å². The molecule has 114 valence electrons. The van der Waals surface area contributed by atoms with Crippen LogP contribution in [0, 0.1) is 5.82 Å². The van der Waals surface area contributed by atoms with Gasteiger partial charge in [-0.3, -0.25) is 9.59 Å². The zero-order valence-electron chi connectivity index (χ0n) is 12.2. The number of carbonyl (C=O) groups excluding carboxylic acids is 2. The first kappa shape index (κ1) is 15.7. The lowest BCUT2D eigenvalue weighted by molar-refractivity contribution is -0.136. The van der Waals surface area contributed by atoms with E-state index in [4.69, 9.17) is 0 Å². The highest BCUT2D eigenvalue weighted by atomic mass is 19.1. The lowest BCUT2D eigenvalue weighted by atomic mass is 10.0. The van der Waals surface area contributed by atoms with Gasteiger partial charge >= 0.3 is 11.8 Å². The van der Waals surface area contributed by atoms with Gasteiger partial charge in [-0.05, 0) is 29.7 Å². The number of anilines is 1. The van der Waals surface area contributed by atoms with Crippen LogP contribution in [0.4, 0.5) is 10.1 Å². The summed E-state index contributed by atoms with van der Waals surface area (Å²) in [5.41, 5.74) is 1.32. The Kier molecular flexibility index (Phi) is 5.25. The lowest BCUT2D eigenvalue weighted by Gasteiger charge is -2.13. The molecule has 0 aliphatic heterocycles. The smallest absolute Gasteiger partial charge is 0.313 e. The van der Waals surface area contributed by atoms with E-state index in [1.165, 1.54) is 18.2 Å². The molecule has 0 spiro atoms. The van der Waals surface area contributed by atoms with Gasteiger partial charge in [0.05, 0.1) is 0 Å². The number of hydrogen-bond donors (Lipinski definition) is 2. The van der Waals surface area contributed by atoms with Crippen LogP contribution in [-0.4, -0.2) is 18.4 Å². The van der Waals surface area contributed by atoms with Crippen molar-refractivity contribution in [3.63, 3.8) is 0 Å². The summed E-state index contributed by atoms with van der Waals surface area (Å²) in [7, 11) is 0. The highest BCUT2D eigenvalue weighted by Gasteiger charge is 2.15. The van der Waals surface area contributed by atoms with Gasteiger partial charge in [-0.1, -0.05) is 43.3 Å². The zero-order valence-corrected chi connectivity index (χ0v) is 12.2. The Balaban J connectivity index is 1.85. The summed E-state index contributed by atoms with van der Waals surface area (Å²) in [6.07, 6.45) is 0. The molecule has 0 fully saturated rings. The molecule has 0 bridgehead atoms. The molecular formula is C17H17FN2O2. The Hall–Kier alpha value is -2.69. The number of halogens is 1. The number of nitrogens with one attached hydrogen (secondary N) is 2. The predicted molar refractivity (Wildman–Crippen MR) is 82.9 cm³/mol. The number of carbonyl (C=O) groups is 2. The van der Waals surface area contributed by atoms with Crippen molar-refractivity contribution in [1.29, 1.82) is 0 Å². The van der Waals surface area contributed by atoms with Crippen LogP contribution in [0.3, 0.4) is 0 Å². The zero-order chi connectivity index (χ0) is 15.9. The topological polar surface area (TPSA) is 58.2 Å². The van der Waals surface area contributed by atoms with Crippen molar-refractivity contribution < 1.29 is 14.0 Å². The second-order valence-corrected chi connectivity index (χ2v) is 4.99. The summed E-state index contributed by atoms with van der Waals surface area (Å²) >= 11 is 0. The van der Waals surface area contributed by atoms with E-state index in [1.54, 1.807) is 0 Å². The van der Waals surface area contributed by atoms with E-state index >= 15 is 0 Å². The second-order valence-electron chi connectivity index (χ2n) is 4.99. The van der Waals surface area contributed by atoms with Gasteiger partial charge < -0.3 is 10.6 Å². The molecule has 0 aromatic heterocycles. The minimum absolute atomic E-state index is 0.0899. The quantitative estimate of drug-likeness (QED) is 0.853. The van der Waals surface area contributed by atoms with Crippen LogP contribution in [0.5, 0.6) is 0 Å². The normalized spacial score (nSPS) is 11.5. The largest absolute Gasteiger partial charge is 0.347 e. The molecular weight excluding hydrogens is 283 g/mol. The third kappa shape index (κ3) is 4.41. The second kappa shape index (κ2) is 7.36. The minimum Gasteiger partial charge on any atom is -0.347 e. The third-order valence-corrected chi connectivity index (χ3v) is 3.23. The van der Waals surface area contributed by atoms with E-state index in [2.05, 4.69) is 10.6 Å². The summed E-state index contributed by atoms with van der Waals surface area (Å²) in [6, 6.07) is 15.1. The van der Waals surface area contributed by atoms with Crippen LogP contribution in [0.1, 0.15) is 18.4 Å². The molecule has 4 nitrogen and oxygen atoms in total. The van der Waals surface area contributed by atoms with Crippen LogP contribution in [0.25, 0.3) is 0 Å². The highest BCUT2D eigenvalue weighted by molar-refractivity contribution is 6.39. The van der Waals surface area contributed by atoms with Gasteiger partial charge in [-0.2, -0.15) is 0 Å². The number of amides is 2. The molecule has 0 heterocycles. The molecule has 2 aromatic rings. The van der Waals surface area contributed by atoms with Crippen molar-refractivity contribution in [1.82, 2.24) is 5.32 Å². The molecule has 0 unspecified atom stereocenters. The third-order valence-electron chi connectivity index (χ3n) is 3.23. The Labute approximate surface area is 128 Å². The molecule has 0 radical (unpaired) electrons. The van der Waals surface area contributed by atoms with Crippen LogP contribution in [0.2, 0.25) is 0 Å². The monoisotopic (exact) mass is 300 g/mol. The minimum atomic E-state index is -0.814. The van der Waals surface area contributed by atoms with Crippen molar-refractivity contribution in [2.24, 2.45) is 0 Å². The summed E-state index contributed by atoms with van der Waals surface area (Å²) in [5.74, 6) is -1.94. The van der Waals surface area contributed by atoms with E-state index in [-0.39, 0.29) is 11.6 Å². The van der Waals surface area contributed by atoms with Crippen molar-refractivity contribution in [3.05, 3.63) is 66.0 Å². The maximum Gasteiger partial charge on any atom is 0.313 e. The number of rotatable bonds is 4. The van der Waals surface area contributed by atoms with Crippen LogP contribution in [-0.2, 0) is 9.59 Å². The van der Waals surface area contributed by atoms with Crippen LogP contribution in [0.15, 0.2) is 54.6 Å². The Morgan fingerprint density at radius 2 is 1.77 bits per heavy atom. The molecule has 22 heavy (non-hydrogen) atoms. The first-order chi connectivity index (χ1) is 10.6. The molecule has 2 rings (SSSR count). The standard InChI is InChI=1S/C17H17FN2O2/c1-12(13-6-3-2-4-7-13)11-19-16(21)17(22)20-15-9-5-8-14(18)10-15/h2-10,12H,11H2,1H3,(H,19,21)(H,20,22)/t12-/m0/s1. The summed E-state index contributed by atoms with van der Waals surface area (Å²) in [5, 5.41) is 4.93. The van der Waals surface area contributed by atoms with Crippen molar-refractivity contribution in [3.8, 4) is 0 Å². The molecule has 2 amide bonds. The van der Waals surface area contributed by atoms with Crippen LogP contribution < -0.4 is 10.6 Å². The van der Waals surface area contributed by atoms with Gasteiger partial charge in [0.2, 0.25) is 0 Å². The van der Waals surface area contributed by atoms with E-state index in [9.17, 15) is 14.0 Å².